The summed E-state index contributed by atoms with van der Waals surface area (Å²) in [6.45, 7) is 6.73. The summed E-state index contributed by atoms with van der Waals surface area (Å²) in [5.41, 5.74) is 6.76. The lowest BCUT2D eigenvalue weighted by molar-refractivity contribution is -0.116. The van der Waals surface area contributed by atoms with E-state index < -0.39 is 0 Å². The van der Waals surface area contributed by atoms with Crippen LogP contribution in [0.25, 0.3) is 5.00 Å². The number of anilines is 1. The predicted molar refractivity (Wildman–Crippen MR) is 197 cm³/mol. The zero-order valence-electron chi connectivity index (χ0n) is 26.5. The molecular formula is C33H27B4Cl2N5O3S. The van der Waals surface area contributed by atoms with Gasteiger partial charge in [0.25, 0.3) is 0 Å². The quantitative estimate of drug-likeness (QED) is 0.115. The Hall–Kier alpha value is -3.92. The molecule has 0 aliphatic carbocycles. The fourth-order valence-corrected chi connectivity index (χ4v) is 7.36. The van der Waals surface area contributed by atoms with Crippen LogP contribution in [0, 0.1) is 20.8 Å². The number of ether oxygens (including phenoxy) is 2. The largest absolute Gasteiger partial charge is 0.454 e. The van der Waals surface area contributed by atoms with E-state index in [1.54, 1.807) is 22.3 Å². The maximum atomic E-state index is 13.0. The number of nitrogens with zero attached hydrogens (tertiary/aromatic N) is 5. The Kier molecular flexibility index (Phi) is 9.45. The third-order valence-corrected chi connectivity index (χ3v) is 10.1. The molecule has 1 atom stereocenters. The van der Waals surface area contributed by atoms with Crippen molar-refractivity contribution in [3.63, 3.8) is 0 Å². The van der Waals surface area contributed by atoms with E-state index in [1.807, 2.05) is 96.1 Å². The molecule has 1 unspecified atom stereocenters. The lowest BCUT2D eigenvalue weighted by Gasteiger charge is -2.24. The number of halogens is 2. The van der Waals surface area contributed by atoms with E-state index in [0.29, 0.717) is 28.8 Å². The maximum absolute atomic E-state index is 13.0. The van der Waals surface area contributed by atoms with Crippen molar-refractivity contribution < 1.29 is 14.3 Å². The number of thiophene rings is 1. The second-order valence-electron chi connectivity index (χ2n) is 11.4. The molecule has 5 aromatic rings. The molecule has 2 aliphatic rings. The van der Waals surface area contributed by atoms with Crippen LogP contribution < -0.4 is 19.8 Å². The number of amides is 1. The van der Waals surface area contributed by atoms with Gasteiger partial charge in [-0.25, -0.2) is 0 Å². The Balaban J connectivity index is 1.12. The molecule has 4 heterocycles. The van der Waals surface area contributed by atoms with Gasteiger partial charge in [0.15, 0.2) is 17.3 Å². The number of aliphatic imine (C=N–C) groups is 1. The van der Waals surface area contributed by atoms with Crippen LogP contribution in [0.15, 0.2) is 71.7 Å². The summed E-state index contributed by atoms with van der Waals surface area (Å²) in [7, 11) is 8.02. The Morgan fingerprint density at radius 1 is 1.02 bits per heavy atom. The number of carbonyl (C=O) groups excluding carboxylic acids is 1. The molecule has 7 rings (SSSR count). The number of benzene rings is 3. The molecule has 0 bridgehead atoms. The zero-order chi connectivity index (χ0) is 33.4. The molecule has 0 spiro atoms. The fourth-order valence-electron chi connectivity index (χ4n) is 5.87. The van der Waals surface area contributed by atoms with Crippen molar-refractivity contribution in [1.29, 1.82) is 0 Å². The predicted octanol–water partition coefficient (Wildman–Crippen LogP) is 5.15. The first-order valence-electron chi connectivity index (χ1n) is 15.4. The van der Waals surface area contributed by atoms with Gasteiger partial charge in [0.2, 0.25) is 12.7 Å². The summed E-state index contributed by atoms with van der Waals surface area (Å²) in [5, 5.41) is 10.8. The van der Waals surface area contributed by atoms with Crippen molar-refractivity contribution in [3.05, 3.63) is 111 Å². The molecular weight excluding hydrogens is 661 g/mol. The first-order valence-corrected chi connectivity index (χ1v) is 17.1. The van der Waals surface area contributed by atoms with Gasteiger partial charge in [-0.3, -0.25) is 14.4 Å². The van der Waals surface area contributed by atoms with Gasteiger partial charge in [-0.05, 0) is 56.2 Å². The van der Waals surface area contributed by atoms with Gasteiger partial charge in [-0.15, -0.1) is 33.1 Å². The third-order valence-electron chi connectivity index (χ3n) is 8.45. The fraction of sp³-hybridized carbons (Fsp3) is 0.212. The lowest BCUT2D eigenvalue weighted by atomic mass is 9.06. The smallest absolute Gasteiger partial charge is 0.242 e. The van der Waals surface area contributed by atoms with Gasteiger partial charge in [-0.2, -0.15) is 0 Å². The molecule has 0 saturated heterocycles. The zero-order valence-corrected chi connectivity index (χ0v) is 28.8. The van der Waals surface area contributed by atoms with Gasteiger partial charge in [0, 0.05) is 46.9 Å². The molecule has 8 nitrogen and oxygen atoms in total. The van der Waals surface area contributed by atoms with Crippen LogP contribution in [0.5, 0.6) is 11.5 Å². The van der Waals surface area contributed by atoms with Gasteiger partial charge in [-0.1, -0.05) is 53.5 Å². The van der Waals surface area contributed by atoms with Gasteiger partial charge in [0.1, 0.15) is 16.7 Å². The maximum Gasteiger partial charge on any atom is 0.242 e. The van der Waals surface area contributed by atoms with Crippen LogP contribution in [0.3, 0.4) is 0 Å². The SMILES string of the molecule is Cc1sc2c(c1C)C(c1ccc(Cl)cc1)=NC([B][B][B][B]c1ccccc1CN(C(=O)CCl)c1ccc3c(c1)OCO3)c1nnc(C)n1-2. The highest BCUT2D eigenvalue weighted by Crippen LogP contribution is 2.39. The van der Waals surface area contributed by atoms with Gasteiger partial charge < -0.3 is 14.4 Å². The van der Waals surface area contributed by atoms with Crippen molar-refractivity contribution in [2.75, 3.05) is 17.6 Å². The van der Waals surface area contributed by atoms with E-state index in [0.717, 1.165) is 44.5 Å². The lowest BCUT2D eigenvalue weighted by Crippen LogP contribution is -2.36. The van der Waals surface area contributed by atoms with E-state index >= 15 is 0 Å². The van der Waals surface area contributed by atoms with Crippen molar-refractivity contribution in [1.82, 2.24) is 14.8 Å². The Morgan fingerprint density at radius 2 is 1.81 bits per heavy atom. The normalized spacial score (nSPS) is 14.4. The minimum atomic E-state index is -0.390. The number of hydrogen-bond donors (Lipinski definition) is 0. The summed E-state index contributed by atoms with van der Waals surface area (Å²) in [6, 6.07) is 21.2. The van der Waals surface area contributed by atoms with E-state index in [9.17, 15) is 4.79 Å². The standard InChI is InChI=1S/C33H27B4Cl2N5O3S/c1-18-19(2)48-33-29(18)30(21-8-10-23(39)11-9-21)40-31(32-42-41-20(3)44(32)33)35-37-36-34-25-7-5-4-6-22(25)16-43(28(45)15-38)24-12-13-26-27(14-24)47-17-46-26/h4-14,31H,15-17H2,1-3H3. The minimum Gasteiger partial charge on any atom is -0.454 e. The highest BCUT2D eigenvalue weighted by molar-refractivity contribution is 7.46. The Morgan fingerprint density at radius 3 is 2.62 bits per heavy atom. The van der Waals surface area contributed by atoms with Crippen molar-refractivity contribution in [2.24, 2.45) is 4.99 Å². The van der Waals surface area contributed by atoms with Crippen molar-refractivity contribution in [3.8, 4) is 16.5 Å². The molecule has 15 heteroatoms. The molecule has 0 N–H and O–H groups in total. The van der Waals surface area contributed by atoms with E-state index in [4.69, 9.17) is 37.7 Å². The molecule has 2 aliphatic heterocycles. The monoisotopic (exact) mass is 687 g/mol. The number of fused-ring (bicyclic) bond motifs is 4. The van der Waals surface area contributed by atoms with E-state index in [2.05, 4.69) is 28.6 Å². The molecule has 3 aromatic carbocycles. The number of rotatable bonds is 10. The van der Waals surface area contributed by atoms with Crippen LogP contribution in [0.1, 0.15) is 44.7 Å². The van der Waals surface area contributed by atoms with Gasteiger partial charge in [0.05, 0.1) is 32.5 Å². The second kappa shape index (κ2) is 13.9. The van der Waals surface area contributed by atoms with Crippen molar-refractivity contribution >= 4 is 85.8 Å². The number of hydrogen-bond acceptors (Lipinski definition) is 7. The molecule has 1 amide bonds. The topological polar surface area (TPSA) is 81.8 Å². The first-order chi connectivity index (χ1) is 23.3. The highest BCUT2D eigenvalue weighted by Gasteiger charge is 2.31. The first kappa shape index (κ1) is 32.6. The second-order valence-corrected chi connectivity index (χ2v) is 13.3. The minimum absolute atomic E-state index is 0.148. The number of carbonyl (C=O) groups is 1. The molecule has 2 aromatic heterocycles. The molecule has 0 saturated carbocycles. The average molecular weight is 688 g/mol. The van der Waals surface area contributed by atoms with Crippen molar-refractivity contribution in [2.45, 2.75) is 33.3 Å². The molecule has 48 heavy (non-hydrogen) atoms. The summed E-state index contributed by atoms with van der Waals surface area (Å²) in [5.74, 6) is 2.06. The molecule has 0 fully saturated rings. The number of aryl methyl sites for hydroxylation is 2. The van der Waals surface area contributed by atoms with Crippen LogP contribution in [0.2, 0.25) is 5.02 Å². The summed E-state index contributed by atoms with van der Waals surface area (Å²) in [6.07, 6.45) is 0. The number of alkyl halides is 1. The number of aromatic nitrogens is 3. The van der Waals surface area contributed by atoms with E-state index in [-0.39, 0.29) is 24.5 Å². The average Bonchev–Trinajstić information content (AvgIpc) is 3.78. The highest BCUT2D eigenvalue weighted by atomic mass is 35.5. The molecule has 234 valence electrons. The molecule has 4 radical (unpaired) electrons. The summed E-state index contributed by atoms with van der Waals surface area (Å²) >= 11 is 14.0. The Bertz CT molecular complexity index is 2040. The van der Waals surface area contributed by atoms with Crippen LogP contribution in [-0.2, 0) is 11.3 Å². The van der Waals surface area contributed by atoms with Crippen LogP contribution >= 0.6 is 34.5 Å². The van der Waals surface area contributed by atoms with Gasteiger partial charge >= 0.3 is 0 Å². The third kappa shape index (κ3) is 6.31. The van der Waals surface area contributed by atoms with Crippen LogP contribution in [0.4, 0.5) is 5.69 Å². The van der Waals surface area contributed by atoms with E-state index in [1.165, 1.54) is 10.4 Å². The Labute approximate surface area is 296 Å². The summed E-state index contributed by atoms with van der Waals surface area (Å²) in [4.78, 5) is 21.2. The summed E-state index contributed by atoms with van der Waals surface area (Å²) < 4.78 is 13.1. The van der Waals surface area contributed by atoms with Crippen LogP contribution in [-0.4, -0.2) is 67.5 Å².